The molecule has 0 aliphatic carbocycles. The fraction of sp³-hybridized carbons (Fsp3) is 0.375. The minimum atomic E-state index is -0.719. The van der Waals surface area contributed by atoms with E-state index in [-0.39, 0.29) is 17.7 Å². The molecule has 2 N–H and O–H groups in total. The summed E-state index contributed by atoms with van der Waals surface area (Å²) in [7, 11) is 3.92. The molecule has 1 aliphatic rings. The van der Waals surface area contributed by atoms with Gasteiger partial charge in [-0.3, -0.25) is 19.7 Å². The second kappa shape index (κ2) is 9.75. The Bertz CT molecular complexity index is 956. The van der Waals surface area contributed by atoms with Crippen molar-refractivity contribution in [1.82, 2.24) is 10.2 Å². The predicted octanol–water partition coefficient (Wildman–Crippen LogP) is 2.96. The number of imide groups is 1. The summed E-state index contributed by atoms with van der Waals surface area (Å²) in [6, 6.07) is 14.4. The van der Waals surface area contributed by atoms with Gasteiger partial charge in [0, 0.05) is 18.7 Å². The van der Waals surface area contributed by atoms with E-state index in [4.69, 9.17) is 4.74 Å². The Kier molecular flexibility index (Phi) is 7.07. The number of ether oxygens (including phenoxy) is 1. The quantitative estimate of drug-likeness (QED) is 0.638. The third-order valence-electron chi connectivity index (χ3n) is 5.69. The summed E-state index contributed by atoms with van der Waals surface area (Å²) in [6.45, 7) is 3.17. The summed E-state index contributed by atoms with van der Waals surface area (Å²) in [5.41, 5.74) is 1.20. The number of para-hydroxylation sites is 1. The summed E-state index contributed by atoms with van der Waals surface area (Å²) >= 11 is 0. The van der Waals surface area contributed by atoms with E-state index in [1.807, 2.05) is 44.1 Å². The molecule has 3 rings (SSSR count). The molecule has 0 spiro atoms. The zero-order chi connectivity index (χ0) is 22.4. The van der Waals surface area contributed by atoms with E-state index in [0.717, 1.165) is 12.1 Å². The van der Waals surface area contributed by atoms with Crippen LogP contribution in [0, 0.1) is 0 Å². The molecular weight excluding hydrogens is 394 g/mol. The molecule has 0 saturated carbocycles. The molecule has 3 amide bonds. The van der Waals surface area contributed by atoms with E-state index in [1.165, 1.54) is 0 Å². The van der Waals surface area contributed by atoms with E-state index in [2.05, 4.69) is 10.6 Å². The number of rotatable bonds is 8. The van der Waals surface area contributed by atoms with Gasteiger partial charge in [-0.2, -0.15) is 0 Å². The van der Waals surface area contributed by atoms with Crippen LogP contribution in [0.3, 0.4) is 0 Å². The first-order valence-electron chi connectivity index (χ1n) is 10.5. The topological polar surface area (TPSA) is 87.7 Å². The van der Waals surface area contributed by atoms with Crippen LogP contribution in [0.2, 0.25) is 0 Å². The molecule has 1 saturated heterocycles. The van der Waals surface area contributed by atoms with Gasteiger partial charge in [-0.25, -0.2) is 0 Å². The Morgan fingerprint density at radius 2 is 1.84 bits per heavy atom. The highest BCUT2D eigenvalue weighted by atomic mass is 16.5. The molecule has 7 heteroatoms. The van der Waals surface area contributed by atoms with Crippen molar-refractivity contribution in [2.24, 2.45) is 0 Å². The Labute approximate surface area is 182 Å². The van der Waals surface area contributed by atoms with Crippen molar-refractivity contribution in [1.29, 1.82) is 0 Å². The molecule has 0 radical (unpaired) electrons. The summed E-state index contributed by atoms with van der Waals surface area (Å²) < 4.78 is 5.78. The molecule has 31 heavy (non-hydrogen) atoms. The van der Waals surface area contributed by atoms with Crippen molar-refractivity contribution >= 4 is 23.4 Å². The number of nitrogens with one attached hydrogen (secondary N) is 2. The van der Waals surface area contributed by atoms with Crippen LogP contribution < -0.4 is 15.4 Å². The number of anilines is 1. The Balaban J connectivity index is 1.72. The first kappa shape index (κ1) is 22.5. The van der Waals surface area contributed by atoms with Crippen LogP contribution in [0.4, 0.5) is 5.69 Å². The van der Waals surface area contributed by atoms with E-state index in [1.54, 1.807) is 30.3 Å². The van der Waals surface area contributed by atoms with E-state index >= 15 is 0 Å². The number of piperidine rings is 1. The van der Waals surface area contributed by atoms with Crippen LogP contribution in [-0.4, -0.2) is 49.9 Å². The first-order valence-corrected chi connectivity index (χ1v) is 10.5. The van der Waals surface area contributed by atoms with Crippen molar-refractivity contribution in [3.63, 3.8) is 0 Å². The van der Waals surface area contributed by atoms with Crippen LogP contribution in [0.5, 0.6) is 5.75 Å². The van der Waals surface area contributed by atoms with Crippen LogP contribution in [-0.2, 0) is 15.0 Å². The van der Waals surface area contributed by atoms with Crippen LogP contribution >= 0.6 is 0 Å². The number of carbonyl (C=O) groups excluding carboxylic acids is 3. The molecule has 0 bridgehead atoms. The Morgan fingerprint density at radius 1 is 1.13 bits per heavy atom. The Morgan fingerprint density at radius 3 is 2.48 bits per heavy atom. The molecule has 1 fully saturated rings. The number of carbonyl (C=O) groups is 3. The van der Waals surface area contributed by atoms with Gasteiger partial charge < -0.3 is 15.0 Å². The minimum Gasteiger partial charge on any atom is -0.491 e. The SMILES string of the molecule is CCC1(c2ccc(NC(=O)c3ccccc3OCCN(C)C)cc2)CCC(=O)NC1=O. The lowest BCUT2D eigenvalue weighted by molar-refractivity contribution is -0.138. The summed E-state index contributed by atoms with van der Waals surface area (Å²) in [4.78, 5) is 38.9. The van der Waals surface area contributed by atoms with Gasteiger partial charge in [-0.05, 0) is 56.8 Å². The van der Waals surface area contributed by atoms with Crippen molar-refractivity contribution in [3.8, 4) is 5.75 Å². The van der Waals surface area contributed by atoms with E-state index in [0.29, 0.717) is 42.9 Å². The first-order chi connectivity index (χ1) is 14.9. The predicted molar refractivity (Wildman–Crippen MR) is 119 cm³/mol. The van der Waals surface area contributed by atoms with Crippen molar-refractivity contribution in [2.45, 2.75) is 31.6 Å². The van der Waals surface area contributed by atoms with Crippen LogP contribution in [0.15, 0.2) is 48.5 Å². The lowest BCUT2D eigenvalue weighted by atomic mass is 9.72. The summed E-state index contributed by atoms with van der Waals surface area (Å²) in [6.07, 6.45) is 1.40. The highest BCUT2D eigenvalue weighted by molar-refractivity contribution is 6.06. The number of hydrogen-bond donors (Lipinski definition) is 2. The third-order valence-corrected chi connectivity index (χ3v) is 5.69. The fourth-order valence-electron chi connectivity index (χ4n) is 3.76. The van der Waals surface area contributed by atoms with E-state index in [9.17, 15) is 14.4 Å². The highest BCUT2D eigenvalue weighted by Gasteiger charge is 2.42. The maximum atomic E-state index is 12.8. The number of amides is 3. The van der Waals surface area contributed by atoms with Crippen LogP contribution in [0.25, 0.3) is 0 Å². The van der Waals surface area contributed by atoms with Crippen molar-refractivity contribution in [2.75, 3.05) is 32.6 Å². The average Bonchev–Trinajstić information content (AvgIpc) is 2.75. The average molecular weight is 424 g/mol. The number of hydrogen-bond acceptors (Lipinski definition) is 5. The number of nitrogens with zero attached hydrogens (tertiary/aromatic N) is 1. The molecular formula is C24H29N3O4. The lowest BCUT2D eigenvalue weighted by Gasteiger charge is -2.35. The van der Waals surface area contributed by atoms with Gasteiger partial charge in [-0.15, -0.1) is 0 Å². The maximum Gasteiger partial charge on any atom is 0.259 e. The van der Waals surface area contributed by atoms with Gasteiger partial charge in [0.05, 0.1) is 11.0 Å². The van der Waals surface area contributed by atoms with E-state index < -0.39 is 5.41 Å². The maximum absolute atomic E-state index is 12.8. The highest BCUT2D eigenvalue weighted by Crippen LogP contribution is 2.36. The lowest BCUT2D eigenvalue weighted by Crippen LogP contribution is -2.51. The monoisotopic (exact) mass is 423 g/mol. The molecule has 1 unspecified atom stereocenters. The van der Waals surface area contributed by atoms with Gasteiger partial charge in [0.25, 0.3) is 5.91 Å². The zero-order valence-corrected chi connectivity index (χ0v) is 18.2. The molecule has 7 nitrogen and oxygen atoms in total. The molecule has 2 aromatic rings. The molecule has 0 aromatic heterocycles. The van der Waals surface area contributed by atoms with Crippen LogP contribution in [0.1, 0.15) is 42.1 Å². The largest absolute Gasteiger partial charge is 0.491 e. The molecule has 1 atom stereocenters. The molecule has 1 aliphatic heterocycles. The normalized spacial score (nSPS) is 18.6. The van der Waals surface area contributed by atoms with Crippen molar-refractivity contribution in [3.05, 3.63) is 59.7 Å². The second-order valence-electron chi connectivity index (χ2n) is 7.99. The summed E-state index contributed by atoms with van der Waals surface area (Å²) in [5, 5.41) is 5.35. The zero-order valence-electron chi connectivity index (χ0n) is 18.2. The van der Waals surface area contributed by atoms with Gasteiger partial charge >= 0.3 is 0 Å². The molecule has 2 aromatic carbocycles. The standard InChI is InChI=1S/C24H29N3O4/c1-4-24(14-13-21(28)26-23(24)30)17-9-11-18(12-10-17)25-22(29)19-7-5-6-8-20(19)31-16-15-27(2)3/h5-12H,4,13-16H2,1-3H3,(H,25,29)(H,26,28,30). The smallest absolute Gasteiger partial charge is 0.259 e. The van der Waals surface area contributed by atoms with Gasteiger partial charge in [0.15, 0.2) is 0 Å². The van der Waals surface area contributed by atoms with Gasteiger partial charge in [-0.1, -0.05) is 31.2 Å². The molecule has 1 heterocycles. The summed E-state index contributed by atoms with van der Waals surface area (Å²) in [5.74, 6) is -0.220. The van der Waals surface area contributed by atoms with Crippen molar-refractivity contribution < 1.29 is 19.1 Å². The third kappa shape index (κ3) is 5.11. The number of likely N-dealkylation sites (N-methyl/N-ethyl adjacent to an activating group) is 1. The Hall–Kier alpha value is -3.19. The fourth-order valence-corrected chi connectivity index (χ4v) is 3.76. The van der Waals surface area contributed by atoms with Gasteiger partial charge in [0.2, 0.25) is 11.8 Å². The second-order valence-corrected chi connectivity index (χ2v) is 7.99. The minimum absolute atomic E-state index is 0.232. The van der Waals surface area contributed by atoms with Gasteiger partial charge in [0.1, 0.15) is 12.4 Å². The number of benzene rings is 2. The molecule has 164 valence electrons.